The zero-order chi connectivity index (χ0) is 10.1. The van der Waals surface area contributed by atoms with E-state index in [-0.39, 0.29) is 17.2 Å². The number of nitrogens with zero attached hydrogens (tertiary/aromatic N) is 1. The van der Waals surface area contributed by atoms with Crippen molar-refractivity contribution in [3.8, 4) is 17.2 Å². The average molecular weight is 191 g/mol. The molecule has 1 heterocycles. The molecule has 0 amide bonds. The van der Waals surface area contributed by atoms with Gasteiger partial charge in [0.1, 0.15) is 0 Å². The molecule has 0 spiro atoms. The molecule has 14 heavy (non-hydrogen) atoms. The first-order valence-electron chi connectivity index (χ1n) is 4.06. The maximum atomic E-state index is 9.49. The molecule has 0 radical (unpaired) electrons. The standard InChI is InChI=1S/C10H9NO3/c1-14-10-7-5-11-3-2-6(7)4-8(12)9(10)13/h2-5,12-13H,1H3. The first-order chi connectivity index (χ1) is 6.74. The molecular formula is C10H9NO3. The van der Waals surface area contributed by atoms with Crippen LogP contribution < -0.4 is 4.74 Å². The second kappa shape index (κ2) is 3.06. The molecule has 2 rings (SSSR count). The Kier molecular flexibility index (Phi) is 1.89. The van der Waals surface area contributed by atoms with Crippen LogP contribution in [0.4, 0.5) is 0 Å². The molecule has 0 fully saturated rings. The molecule has 1 aromatic carbocycles. The van der Waals surface area contributed by atoms with Gasteiger partial charge in [0.25, 0.3) is 0 Å². The summed E-state index contributed by atoms with van der Waals surface area (Å²) in [4.78, 5) is 3.92. The third-order valence-corrected chi connectivity index (χ3v) is 2.05. The summed E-state index contributed by atoms with van der Waals surface area (Å²) in [7, 11) is 1.43. The number of rotatable bonds is 1. The first-order valence-corrected chi connectivity index (χ1v) is 4.06. The predicted molar refractivity (Wildman–Crippen MR) is 51.6 cm³/mol. The van der Waals surface area contributed by atoms with Crippen molar-refractivity contribution >= 4 is 10.8 Å². The molecule has 2 N–H and O–H groups in total. The number of benzene rings is 1. The maximum Gasteiger partial charge on any atom is 0.201 e. The minimum atomic E-state index is -0.256. The molecule has 0 aliphatic rings. The normalized spacial score (nSPS) is 10.4. The fourth-order valence-electron chi connectivity index (χ4n) is 1.39. The van der Waals surface area contributed by atoms with Gasteiger partial charge in [-0.2, -0.15) is 0 Å². The number of aromatic hydroxyl groups is 2. The summed E-state index contributed by atoms with van der Waals surface area (Å²) in [6, 6.07) is 3.20. The number of pyridine rings is 1. The highest BCUT2D eigenvalue weighted by Gasteiger charge is 2.11. The van der Waals surface area contributed by atoms with Crippen molar-refractivity contribution in [2.24, 2.45) is 0 Å². The lowest BCUT2D eigenvalue weighted by Gasteiger charge is -2.08. The van der Waals surface area contributed by atoms with E-state index in [1.807, 2.05) is 0 Å². The molecule has 0 unspecified atom stereocenters. The molecule has 4 heteroatoms. The second-order valence-electron chi connectivity index (χ2n) is 2.87. The van der Waals surface area contributed by atoms with Crippen molar-refractivity contribution in [1.29, 1.82) is 0 Å². The third kappa shape index (κ3) is 1.12. The zero-order valence-corrected chi connectivity index (χ0v) is 7.56. The monoisotopic (exact) mass is 191 g/mol. The SMILES string of the molecule is COc1c(O)c(O)cc2ccncc12. The maximum absolute atomic E-state index is 9.49. The van der Waals surface area contributed by atoms with Gasteiger partial charge in [-0.1, -0.05) is 0 Å². The number of hydrogen-bond donors (Lipinski definition) is 2. The van der Waals surface area contributed by atoms with Crippen LogP contribution in [0.5, 0.6) is 17.2 Å². The van der Waals surface area contributed by atoms with Crippen LogP contribution in [0.1, 0.15) is 0 Å². The van der Waals surface area contributed by atoms with Gasteiger partial charge >= 0.3 is 0 Å². The Balaban J connectivity index is 2.89. The van der Waals surface area contributed by atoms with E-state index in [9.17, 15) is 10.2 Å². The van der Waals surface area contributed by atoms with Crippen molar-refractivity contribution < 1.29 is 14.9 Å². The first kappa shape index (κ1) is 8.62. The van der Waals surface area contributed by atoms with E-state index in [2.05, 4.69) is 4.98 Å². The highest BCUT2D eigenvalue weighted by Crippen LogP contribution is 2.41. The van der Waals surface area contributed by atoms with Crippen LogP contribution in [0.3, 0.4) is 0 Å². The summed E-state index contributed by atoms with van der Waals surface area (Å²) in [6.45, 7) is 0. The van der Waals surface area contributed by atoms with Gasteiger partial charge in [-0.15, -0.1) is 0 Å². The van der Waals surface area contributed by atoms with Gasteiger partial charge < -0.3 is 14.9 Å². The van der Waals surface area contributed by atoms with Crippen LogP contribution in [0.15, 0.2) is 24.5 Å². The summed E-state index contributed by atoms with van der Waals surface area (Å²) in [6.07, 6.45) is 3.19. The quantitative estimate of drug-likeness (QED) is 0.673. The number of methoxy groups -OCH3 is 1. The van der Waals surface area contributed by atoms with E-state index in [1.165, 1.54) is 13.2 Å². The van der Waals surface area contributed by atoms with E-state index < -0.39 is 0 Å². The summed E-state index contributed by atoms with van der Waals surface area (Å²) in [5.41, 5.74) is 0. The van der Waals surface area contributed by atoms with Gasteiger partial charge in [0.15, 0.2) is 11.5 Å². The van der Waals surface area contributed by atoms with Crippen LogP contribution in [0.2, 0.25) is 0 Å². The molecule has 2 aromatic rings. The number of hydrogen-bond acceptors (Lipinski definition) is 4. The van der Waals surface area contributed by atoms with Crippen LogP contribution in [-0.4, -0.2) is 22.3 Å². The zero-order valence-electron chi connectivity index (χ0n) is 7.56. The highest BCUT2D eigenvalue weighted by atomic mass is 16.5. The fraction of sp³-hybridized carbons (Fsp3) is 0.100. The number of fused-ring (bicyclic) bond motifs is 1. The van der Waals surface area contributed by atoms with E-state index in [0.717, 1.165) is 5.39 Å². The second-order valence-corrected chi connectivity index (χ2v) is 2.87. The Bertz CT molecular complexity index is 482. The van der Waals surface area contributed by atoms with E-state index >= 15 is 0 Å². The van der Waals surface area contributed by atoms with Crippen LogP contribution in [0, 0.1) is 0 Å². The van der Waals surface area contributed by atoms with Crippen molar-refractivity contribution in [3.05, 3.63) is 24.5 Å². The molecule has 0 bridgehead atoms. The summed E-state index contributed by atoms with van der Waals surface area (Å²) >= 11 is 0. The lowest BCUT2D eigenvalue weighted by molar-refractivity contribution is 0.355. The Morgan fingerprint density at radius 2 is 2.14 bits per heavy atom. The van der Waals surface area contributed by atoms with E-state index in [0.29, 0.717) is 5.39 Å². The largest absolute Gasteiger partial charge is 0.504 e. The van der Waals surface area contributed by atoms with Crippen molar-refractivity contribution in [1.82, 2.24) is 4.98 Å². The summed E-state index contributed by atoms with van der Waals surface area (Å²) < 4.78 is 4.99. The molecule has 0 saturated carbocycles. The van der Waals surface area contributed by atoms with Gasteiger partial charge in [-0.3, -0.25) is 4.98 Å². The van der Waals surface area contributed by atoms with Crippen molar-refractivity contribution in [3.63, 3.8) is 0 Å². The van der Waals surface area contributed by atoms with Crippen LogP contribution in [0.25, 0.3) is 10.8 Å². The molecule has 72 valence electrons. The fourth-order valence-corrected chi connectivity index (χ4v) is 1.39. The van der Waals surface area contributed by atoms with Crippen molar-refractivity contribution in [2.45, 2.75) is 0 Å². The number of phenolic OH excluding ortho intramolecular Hbond substituents is 2. The topological polar surface area (TPSA) is 62.6 Å². The lowest BCUT2D eigenvalue weighted by atomic mass is 10.1. The lowest BCUT2D eigenvalue weighted by Crippen LogP contribution is -1.87. The molecule has 0 atom stereocenters. The Hall–Kier alpha value is -1.97. The highest BCUT2D eigenvalue weighted by molar-refractivity contribution is 5.91. The Labute approximate surface area is 80.4 Å². The number of ether oxygens (including phenoxy) is 1. The van der Waals surface area contributed by atoms with Gasteiger partial charge in [-0.05, 0) is 17.5 Å². The predicted octanol–water partition coefficient (Wildman–Crippen LogP) is 1.65. The molecule has 1 aromatic heterocycles. The number of phenols is 2. The van der Waals surface area contributed by atoms with E-state index in [1.54, 1.807) is 18.5 Å². The minimum Gasteiger partial charge on any atom is -0.504 e. The third-order valence-electron chi connectivity index (χ3n) is 2.05. The van der Waals surface area contributed by atoms with Gasteiger partial charge in [0.2, 0.25) is 5.75 Å². The Morgan fingerprint density at radius 1 is 1.36 bits per heavy atom. The van der Waals surface area contributed by atoms with Crippen LogP contribution >= 0.6 is 0 Å². The molecule has 4 nitrogen and oxygen atoms in total. The molecule has 0 aliphatic carbocycles. The number of aromatic nitrogens is 1. The minimum absolute atomic E-state index is 0.194. The molecule has 0 saturated heterocycles. The van der Waals surface area contributed by atoms with E-state index in [4.69, 9.17) is 4.74 Å². The van der Waals surface area contributed by atoms with Gasteiger partial charge in [0.05, 0.1) is 7.11 Å². The molecule has 0 aliphatic heterocycles. The van der Waals surface area contributed by atoms with Crippen LogP contribution in [-0.2, 0) is 0 Å². The van der Waals surface area contributed by atoms with Gasteiger partial charge in [0, 0.05) is 17.8 Å². The Morgan fingerprint density at radius 3 is 2.86 bits per heavy atom. The van der Waals surface area contributed by atoms with Gasteiger partial charge in [-0.25, -0.2) is 0 Å². The smallest absolute Gasteiger partial charge is 0.201 e. The summed E-state index contributed by atoms with van der Waals surface area (Å²) in [5, 5.41) is 20.3. The van der Waals surface area contributed by atoms with Crippen molar-refractivity contribution in [2.75, 3.05) is 7.11 Å². The summed E-state index contributed by atoms with van der Waals surface area (Å²) in [5.74, 6) is -0.207. The average Bonchev–Trinajstić information content (AvgIpc) is 2.20. The molecular weight excluding hydrogens is 182 g/mol.